The molecule has 0 fully saturated rings. The second-order valence-electron chi connectivity index (χ2n) is 5.06. The molecule has 2 aromatic heterocycles. The number of aromatic amines is 1. The molecule has 3 rings (SSSR count). The van der Waals surface area contributed by atoms with E-state index < -0.39 is 0 Å². The van der Waals surface area contributed by atoms with Gasteiger partial charge in [-0.3, -0.25) is 9.89 Å². The third kappa shape index (κ3) is 3.63. The Hall–Kier alpha value is -2.96. The summed E-state index contributed by atoms with van der Waals surface area (Å²) in [7, 11) is 0. The first-order chi connectivity index (χ1) is 11.2. The van der Waals surface area contributed by atoms with Crippen LogP contribution in [0.25, 0.3) is 11.3 Å². The van der Waals surface area contributed by atoms with E-state index in [0.29, 0.717) is 23.5 Å². The summed E-state index contributed by atoms with van der Waals surface area (Å²) in [6, 6.07) is 7.87. The zero-order valence-electron chi connectivity index (χ0n) is 12.4. The highest BCUT2D eigenvalue weighted by Crippen LogP contribution is 2.20. The zero-order valence-corrected chi connectivity index (χ0v) is 12.4. The van der Waals surface area contributed by atoms with E-state index in [2.05, 4.69) is 20.5 Å². The molecule has 3 aromatic rings. The van der Waals surface area contributed by atoms with Gasteiger partial charge in [-0.05, 0) is 24.6 Å². The van der Waals surface area contributed by atoms with Gasteiger partial charge in [0.15, 0.2) is 0 Å². The molecule has 0 saturated carbocycles. The summed E-state index contributed by atoms with van der Waals surface area (Å²) >= 11 is 0. The van der Waals surface area contributed by atoms with Crippen molar-refractivity contribution in [1.82, 2.24) is 25.1 Å². The van der Waals surface area contributed by atoms with Crippen LogP contribution in [0.4, 0.5) is 4.39 Å². The van der Waals surface area contributed by atoms with Crippen molar-refractivity contribution in [2.24, 2.45) is 0 Å². The van der Waals surface area contributed by atoms with Crippen molar-refractivity contribution in [2.75, 3.05) is 6.54 Å². The van der Waals surface area contributed by atoms with E-state index in [1.54, 1.807) is 36.8 Å². The van der Waals surface area contributed by atoms with Gasteiger partial charge >= 0.3 is 0 Å². The molecule has 7 heteroatoms. The number of H-pyrrole nitrogens is 1. The number of nitrogens with zero attached hydrogens (tertiary/aromatic N) is 3. The van der Waals surface area contributed by atoms with Crippen LogP contribution >= 0.6 is 0 Å². The molecule has 2 N–H and O–H groups in total. The standard InChI is InChI=1S/C16H16FN5O/c17-13-5-2-1-4-12(13)14-10-15(21-20-14)16(23)19-6-3-8-22-9-7-18-11-22/h1-2,4-5,7,9-11H,3,6,8H2,(H,19,23)(H,20,21). The van der Waals surface area contributed by atoms with Gasteiger partial charge in [-0.25, -0.2) is 9.37 Å². The Labute approximate surface area is 132 Å². The average Bonchev–Trinajstić information content (AvgIpc) is 3.23. The van der Waals surface area contributed by atoms with Gasteiger partial charge in [-0.15, -0.1) is 0 Å². The molecule has 118 valence electrons. The van der Waals surface area contributed by atoms with Gasteiger partial charge in [-0.1, -0.05) is 12.1 Å². The summed E-state index contributed by atoms with van der Waals surface area (Å²) in [4.78, 5) is 16.0. The van der Waals surface area contributed by atoms with Gasteiger partial charge in [0.05, 0.1) is 12.0 Å². The molecule has 23 heavy (non-hydrogen) atoms. The minimum Gasteiger partial charge on any atom is -0.351 e. The number of carbonyl (C=O) groups excluding carboxylic acids is 1. The maximum Gasteiger partial charge on any atom is 0.269 e. The Balaban J connectivity index is 1.55. The smallest absolute Gasteiger partial charge is 0.269 e. The monoisotopic (exact) mass is 313 g/mol. The van der Waals surface area contributed by atoms with E-state index in [-0.39, 0.29) is 11.7 Å². The van der Waals surface area contributed by atoms with Gasteiger partial charge < -0.3 is 9.88 Å². The average molecular weight is 313 g/mol. The lowest BCUT2D eigenvalue weighted by Crippen LogP contribution is -2.25. The molecule has 1 amide bonds. The Morgan fingerprint density at radius 2 is 2.22 bits per heavy atom. The van der Waals surface area contributed by atoms with Crippen LogP contribution in [0.5, 0.6) is 0 Å². The molecule has 0 aliphatic carbocycles. The summed E-state index contributed by atoms with van der Waals surface area (Å²) in [5.74, 6) is -0.628. The number of aromatic nitrogens is 4. The Bertz CT molecular complexity index is 781. The van der Waals surface area contributed by atoms with E-state index in [1.807, 2.05) is 10.8 Å². The summed E-state index contributed by atoms with van der Waals surface area (Å²) in [6.45, 7) is 1.31. The van der Waals surface area contributed by atoms with Gasteiger partial charge in [0, 0.05) is 31.0 Å². The Morgan fingerprint density at radius 3 is 3.00 bits per heavy atom. The summed E-state index contributed by atoms with van der Waals surface area (Å²) in [5.41, 5.74) is 1.08. The first-order valence-corrected chi connectivity index (χ1v) is 7.28. The molecule has 0 bridgehead atoms. The van der Waals surface area contributed by atoms with Crippen LogP contribution in [0.2, 0.25) is 0 Å². The molecule has 0 spiro atoms. The van der Waals surface area contributed by atoms with E-state index in [1.165, 1.54) is 6.07 Å². The number of aryl methyl sites for hydroxylation is 1. The summed E-state index contributed by atoms with van der Waals surface area (Å²) in [6.07, 6.45) is 6.11. The van der Waals surface area contributed by atoms with Gasteiger partial charge in [-0.2, -0.15) is 5.10 Å². The van der Waals surface area contributed by atoms with Crippen molar-refractivity contribution in [3.8, 4) is 11.3 Å². The number of benzene rings is 1. The molecule has 0 unspecified atom stereocenters. The minimum atomic E-state index is -0.369. The number of hydrogen-bond acceptors (Lipinski definition) is 3. The molecule has 0 atom stereocenters. The molecule has 0 aliphatic rings. The van der Waals surface area contributed by atoms with Crippen molar-refractivity contribution in [1.29, 1.82) is 0 Å². The quantitative estimate of drug-likeness (QED) is 0.685. The second-order valence-corrected chi connectivity index (χ2v) is 5.06. The fraction of sp³-hybridized carbons (Fsp3) is 0.188. The highest BCUT2D eigenvalue weighted by atomic mass is 19.1. The number of amides is 1. The van der Waals surface area contributed by atoms with Crippen LogP contribution in [0, 0.1) is 5.82 Å². The van der Waals surface area contributed by atoms with Crippen LogP contribution < -0.4 is 5.32 Å². The normalized spacial score (nSPS) is 10.7. The Morgan fingerprint density at radius 1 is 1.35 bits per heavy atom. The van der Waals surface area contributed by atoms with Crippen molar-refractivity contribution in [3.05, 3.63) is 60.6 Å². The van der Waals surface area contributed by atoms with Gasteiger partial charge in [0.25, 0.3) is 5.91 Å². The van der Waals surface area contributed by atoms with E-state index in [9.17, 15) is 9.18 Å². The highest BCUT2D eigenvalue weighted by molar-refractivity contribution is 5.93. The van der Waals surface area contributed by atoms with Crippen molar-refractivity contribution in [3.63, 3.8) is 0 Å². The molecule has 0 saturated heterocycles. The maximum atomic E-state index is 13.7. The molecular formula is C16H16FN5O. The van der Waals surface area contributed by atoms with E-state index in [4.69, 9.17) is 0 Å². The first-order valence-electron chi connectivity index (χ1n) is 7.28. The lowest BCUT2D eigenvalue weighted by Gasteiger charge is -2.04. The topological polar surface area (TPSA) is 75.6 Å². The molecule has 6 nitrogen and oxygen atoms in total. The number of hydrogen-bond donors (Lipinski definition) is 2. The van der Waals surface area contributed by atoms with Crippen LogP contribution in [0.15, 0.2) is 49.1 Å². The number of rotatable bonds is 6. The molecule has 0 radical (unpaired) electrons. The van der Waals surface area contributed by atoms with E-state index in [0.717, 1.165) is 13.0 Å². The number of imidazole rings is 1. The summed E-state index contributed by atoms with van der Waals surface area (Å²) in [5, 5.41) is 9.44. The van der Waals surface area contributed by atoms with Crippen molar-refractivity contribution < 1.29 is 9.18 Å². The number of carbonyl (C=O) groups is 1. The summed E-state index contributed by atoms with van der Waals surface area (Å²) < 4.78 is 15.6. The molecular weight excluding hydrogens is 297 g/mol. The first kappa shape index (κ1) is 15.0. The second kappa shape index (κ2) is 6.87. The number of halogens is 1. The minimum absolute atomic E-state index is 0.259. The lowest BCUT2D eigenvalue weighted by atomic mass is 10.1. The van der Waals surface area contributed by atoms with Gasteiger partial charge in [0.1, 0.15) is 11.5 Å². The van der Waals surface area contributed by atoms with Crippen LogP contribution in [0.1, 0.15) is 16.9 Å². The predicted molar refractivity (Wildman–Crippen MR) is 83.2 cm³/mol. The maximum absolute atomic E-state index is 13.7. The fourth-order valence-electron chi connectivity index (χ4n) is 2.22. The van der Waals surface area contributed by atoms with E-state index >= 15 is 0 Å². The SMILES string of the molecule is O=C(NCCCn1ccnc1)c1cc(-c2ccccc2F)n[nH]1. The van der Waals surface area contributed by atoms with Crippen molar-refractivity contribution in [2.45, 2.75) is 13.0 Å². The van der Waals surface area contributed by atoms with Crippen LogP contribution in [0.3, 0.4) is 0 Å². The molecule has 2 heterocycles. The third-order valence-electron chi connectivity index (χ3n) is 3.41. The lowest BCUT2D eigenvalue weighted by molar-refractivity contribution is 0.0947. The molecule has 0 aliphatic heterocycles. The van der Waals surface area contributed by atoms with Crippen LogP contribution in [-0.2, 0) is 6.54 Å². The Kier molecular flexibility index (Phi) is 4.46. The molecule has 1 aromatic carbocycles. The third-order valence-corrected chi connectivity index (χ3v) is 3.41. The fourth-order valence-corrected chi connectivity index (χ4v) is 2.22. The van der Waals surface area contributed by atoms with Crippen LogP contribution in [-0.4, -0.2) is 32.2 Å². The predicted octanol–water partition coefficient (Wildman–Crippen LogP) is 2.23. The van der Waals surface area contributed by atoms with Crippen molar-refractivity contribution >= 4 is 5.91 Å². The van der Waals surface area contributed by atoms with Gasteiger partial charge in [0.2, 0.25) is 0 Å². The number of nitrogens with one attached hydrogen (secondary N) is 2. The highest BCUT2D eigenvalue weighted by Gasteiger charge is 2.12. The zero-order chi connectivity index (χ0) is 16.1. The largest absolute Gasteiger partial charge is 0.351 e.